The molecule has 21 heavy (non-hydrogen) atoms. The van der Waals surface area contributed by atoms with Gasteiger partial charge >= 0.3 is 12.2 Å². The minimum absolute atomic E-state index is 0.121. The molecule has 6 nitrogen and oxygen atoms in total. The van der Waals surface area contributed by atoms with Crippen molar-refractivity contribution in [1.29, 1.82) is 0 Å². The van der Waals surface area contributed by atoms with Crippen LogP contribution in [0.4, 0.5) is 9.59 Å². The maximum Gasteiger partial charge on any atom is 0.407 e. The highest BCUT2D eigenvalue weighted by Crippen LogP contribution is 2.09. The van der Waals surface area contributed by atoms with E-state index in [4.69, 9.17) is 9.47 Å². The van der Waals surface area contributed by atoms with Crippen LogP contribution in [0.2, 0.25) is 0 Å². The van der Waals surface area contributed by atoms with Gasteiger partial charge in [0.15, 0.2) is 0 Å². The molecule has 0 aromatic rings. The summed E-state index contributed by atoms with van der Waals surface area (Å²) in [6.07, 6.45) is -0.336. The number of carbonyl (C=O) groups excluding carboxylic acids is 2. The zero-order valence-corrected chi connectivity index (χ0v) is 14.5. The molecule has 0 spiro atoms. The van der Waals surface area contributed by atoms with Crippen molar-refractivity contribution in [1.82, 2.24) is 10.6 Å². The quantitative estimate of drug-likeness (QED) is 0.836. The number of nitrogens with one attached hydrogen (secondary N) is 2. The summed E-state index contributed by atoms with van der Waals surface area (Å²) in [6, 6.07) is -0.241. The Labute approximate surface area is 127 Å². The zero-order chi connectivity index (χ0) is 16.8. The van der Waals surface area contributed by atoms with E-state index >= 15 is 0 Å². The van der Waals surface area contributed by atoms with Crippen LogP contribution >= 0.6 is 0 Å². The molecule has 0 saturated carbocycles. The van der Waals surface area contributed by atoms with Crippen molar-refractivity contribution in [2.24, 2.45) is 0 Å². The molecule has 2 N–H and O–H groups in total. The Hall–Kier alpha value is -1.46. The van der Waals surface area contributed by atoms with E-state index in [9.17, 15) is 9.59 Å². The van der Waals surface area contributed by atoms with E-state index < -0.39 is 23.4 Å². The predicted octanol–water partition coefficient (Wildman–Crippen LogP) is 3.20. The van der Waals surface area contributed by atoms with Gasteiger partial charge in [0.1, 0.15) is 11.2 Å². The van der Waals surface area contributed by atoms with E-state index in [1.165, 1.54) is 0 Å². The van der Waals surface area contributed by atoms with Gasteiger partial charge in [-0.2, -0.15) is 0 Å². The van der Waals surface area contributed by atoms with Gasteiger partial charge in [-0.15, -0.1) is 0 Å². The van der Waals surface area contributed by atoms with Crippen LogP contribution in [-0.4, -0.2) is 35.5 Å². The third-order valence-corrected chi connectivity index (χ3v) is 2.23. The average molecular weight is 302 g/mol. The molecule has 0 bridgehead atoms. The molecule has 0 saturated heterocycles. The van der Waals surface area contributed by atoms with Gasteiger partial charge in [-0.1, -0.05) is 0 Å². The van der Waals surface area contributed by atoms with Crippen LogP contribution < -0.4 is 10.6 Å². The summed E-state index contributed by atoms with van der Waals surface area (Å²) in [5.41, 5.74) is -1.05. The van der Waals surface area contributed by atoms with Crippen LogP contribution in [0.25, 0.3) is 0 Å². The number of hydrogen-bond acceptors (Lipinski definition) is 4. The molecule has 0 unspecified atom stereocenters. The lowest BCUT2D eigenvalue weighted by molar-refractivity contribution is 0.0492. The van der Waals surface area contributed by atoms with E-state index in [0.29, 0.717) is 6.42 Å². The van der Waals surface area contributed by atoms with Crippen molar-refractivity contribution in [3.8, 4) is 0 Å². The van der Waals surface area contributed by atoms with Crippen LogP contribution in [0.15, 0.2) is 0 Å². The van der Waals surface area contributed by atoms with Crippen molar-refractivity contribution in [3.63, 3.8) is 0 Å². The zero-order valence-electron chi connectivity index (χ0n) is 14.5. The van der Waals surface area contributed by atoms with Crippen molar-refractivity contribution < 1.29 is 19.1 Å². The van der Waals surface area contributed by atoms with E-state index in [-0.39, 0.29) is 12.1 Å². The van der Waals surface area contributed by atoms with Gasteiger partial charge in [0, 0.05) is 12.1 Å². The molecule has 0 aromatic carbocycles. The average Bonchev–Trinajstić information content (AvgIpc) is 2.07. The smallest absolute Gasteiger partial charge is 0.407 e. The molecule has 0 aromatic heterocycles. The fourth-order valence-electron chi connectivity index (χ4n) is 1.67. The van der Waals surface area contributed by atoms with Crippen molar-refractivity contribution in [3.05, 3.63) is 0 Å². The molecular weight excluding hydrogens is 272 g/mol. The topological polar surface area (TPSA) is 76.7 Å². The minimum atomic E-state index is -0.524. The molecule has 0 fully saturated rings. The number of amides is 2. The summed E-state index contributed by atoms with van der Waals surface area (Å²) in [5, 5.41) is 5.47. The van der Waals surface area contributed by atoms with E-state index in [0.717, 1.165) is 0 Å². The van der Waals surface area contributed by atoms with Gasteiger partial charge in [-0.25, -0.2) is 9.59 Å². The predicted molar refractivity (Wildman–Crippen MR) is 82.3 cm³/mol. The van der Waals surface area contributed by atoms with Crippen LogP contribution in [0.1, 0.15) is 61.8 Å². The SMILES string of the molecule is C[C@H](C[C@H](C)NC(=O)OC(C)(C)C)NC(=O)OC(C)(C)C. The molecule has 0 aliphatic carbocycles. The highest BCUT2D eigenvalue weighted by molar-refractivity contribution is 5.68. The summed E-state index contributed by atoms with van der Waals surface area (Å²) in [7, 11) is 0. The number of hydrogen-bond donors (Lipinski definition) is 2. The van der Waals surface area contributed by atoms with E-state index in [1.54, 1.807) is 0 Å². The van der Waals surface area contributed by atoms with E-state index in [2.05, 4.69) is 10.6 Å². The fraction of sp³-hybridized carbons (Fsp3) is 0.867. The van der Waals surface area contributed by atoms with Gasteiger partial charge in [-0.05, 0) is 61.8 Å². The fourth-order valence-corrected chi connectivity index (χ4v) is 1.67. The molecule has 2 amide bonds. The third-order valence-electron chi connectivity index (χ3n) is 2.23. The maximum atomic E-state index is 11.6. The minimum Gasteiger partial charge on any atom is -0.444 e. The van der Waals surface area contributed by atoms with Crippen LogP contribution in [0.5, 0.6) is 0 Å². The normalized spacial score (nSPS) is 14.9. The Bertz CT molecular complexity index is 322. The monoisotopic (exact) mass is 302 g/mol. The second kappa shape index (κ2) is 7.52. The molecule has 0 rings (SSSR count). The molecule has 0 radical (unpaired) electrons. The van der Waals surface area contributed by atoms with E-state index in [1.807, 2.05) is 55.4 Å². The first-order chi connectivity index (χ1) is 9.28. The number of ether oxygens (including phenoxy) is 2. The van der Waals surface area contributed by atoms with Gasteiger partial charge < -0.3 is 20.1 Å². The first-order valence-electron chi connectivity index (χ1n) is 7.27. The van der Waals surface area contributed by atoms with Gasteiger partial charge in [0.2, 0.25) is 0 Å². The molecule has 0 aliphatic rings. The van der Waals surface area contributed by atoms with Crippen LogP contribution in [0, 0.1) is 0 Å². The van der Waals surface area contributed by atoms with Crippen molar-refractivity contribution in [2.45, 2.75) is 85.1 Å². The summed E-state index contributed by atoms with van der Waals surface area (Å²) in [4.78, 5) is 23.2. The number of carbonyl (C=O) groups is 2. The summed E-state index contributed by atoms with van der Waals surface area (Å²) in [6.45, 7) is 14.6. The summed E-state index contributed by atoms with van der Waals surface area (Å²) < 4.78 is 10.3. The summed E-state index contributed by atoms with van der Waals surface area (Å²) in [5.74, 6) is 0. The number of rotatable bonds is 4. The first-order valence-corrected chi connectivity index (χ1v) is 7.27. The van der Waals surface area contributed by atoms with Crippen LogP contribution in [-0.2, 0) is 9.47 Å². The standard InChI is InChI=1S/C15H30N2O4/c1-10(16-12(18)20-14(3,4)5)9-11(2)17-13(19)21-15(6,7)8/h10-11H,9H2,1-8H3,(H,16,18)(H,17,19)/t10-,11+. The van der Waals surface area contributed by atoms with Gasteiger partial charge in [0.05, 0.1) is 0 Å². The second-order valence-corrected chi connectivity index (χ2v) is 7.33. The lowest BCUT2D eigenvalue weighted by Gasteiger charge is -2.25. The maximum absolute atomic E-state index is 11.6. The highest BCUT2D eigenvalue weighted by atomic mass is 16.6. The van der Waals surface area contributed by atoms with Crippen molar-refractivity contribution in [2.75, 3.05) is 0 Å². The Balaban J connectivity index is 4.13. The lowest BCUT2D eigenvalue weighted by atomic mass is 10.1. The summed E-state index contributed by atoms with van der Waals surface area (Å²) >= 11 is 0. The second-order valence-electron chi connectivity index (χ2n) is 7.33. The van der Waals surface area contributed by atoms with Gasteiger partial charge in [-0.3, -0.25) is 0 Å². The molecule has 124 valence electrons. The third kappa shape index (κ3) is 12.0. The Kier molecular flexibility index (Phi) is 7.00. The van der Waals surface area contributed by atoms with Crippen LogP contribution in [0.3, 0.4) is 0 Å². The largest absolute Gasteiger partial charge is 0.444 e. The first kappa shape index (κ1) is 19.5. The molecule has 6 heteroatoms. The Morgan fingerprint density at radius 2 is 1.10 bits per heavy atom. The van der Waals surface area contributed by atoms with Crippen molar-refractivity contribution >= 4 is 12.2 Å². The Morgan fingerprint density at radius 1 is 0.810 bits per heavy atom. The lowest BCUT2D eigenvalue weighted by Crippen LogP contribution is -2.43. The van der Waals surface area contributed by atoms with Gasteiger partial charge in [0.25, 0.3) is 0 Å². The molecular formula is C15H30N2O4. The Morgan fingerprint density at radius 3 is 1.33 bits per heavy atom. The molecule has 0 aliphatic heterocycles. The molecule has 2 atom stereocenters. The highest BCUT2D eigenvalue weighted by Gasteiger charge is 2.21. The number of alkyl carbamates (subject to hydrolysis) is 2. The molecule has 0 heterocycles.